The molecule has 1 atom stereocenters. The van der Waals surface area contributed by atoms with Gasteiger partial charge in [-0.15, -0.1) is 0 Å². The highest BCUT2D eigenvalue weighted by atomic mass is 28.3. The summed E-state index contributed by atoms with van der Waals surface area (Å²) < 4.78 is 0. The molecule has 1 aliphatic carbocycles. The number of carbonyl (C=O) groups excluding carboxylic acids is 1. The molecule has 0 amide bonds. The average molecular weight is 295 g/mol. The Hall–Kier alpha value is -0.833. The van der Waals surface area contributed by atoms with Crippen LogP contribution in [0.15, 0.2) is 23.1 Å². The summed E-state index contributed by atoms with van der Waals surface area (Å²) in [5, 5.41) is 11.5. The Morgan fingerprint density at radius 3 is 2.25 bits per heavy atom. The molecule has 0 fully saturated rings. The van der Waals surface area contributed by atoms with Crippen molar-refractivity contribution in [1.29, 1.82) is 0 Å². The molecule has 0 aromatic rings. The van der Waals surface area contributed by atoms with Crippen LogP contribution >= 0.6 is 0 Å². The third-order valence-electron chi connectivity index (χ3n) is 5.18. The van der Waals surface area contributed by atoms with Crippen molar-refractivity contribution in [2.45, 2.75) is 71.5 Å². The van der Waals surface area contributed by atoms with Crippen LogP contribution in [0.5, 0.6) is 0 Å². The van der Waals surface area contributed by atoms with Gasteiger partial charge in [0.2, 0.25) is 5.78 Å². The van der Waals surface area contributed by atoms with Crippen LogP contribution in [0, 0.1) is 5.92 Å². The smallest absolute Gasteiger partial charge is 0.222 e. The van der Waals surface area contributed by atoms with Crippen LogP contribution < -0.4 is 0 Å². The van der Waals surface area contributed by atoms with E-state index in [4.69, 9.17) is 0 Å². The zero-order valence-corrected chi connectivity index (χ0v) is 15.0. The maximum Gasteiger partial charge on any atom is 0.222 e. The Morgan fingerprint density at radius 2 is 1.80 bits per heavy atom. The second kappa shape index (κ2) is 5.88. The van der Waals surface area contributed by atoms with Crippen LogP contribution in [0.1, 0.15) is 53.4 Å². The van der Waals surface area contributed by atoms with Gasteiger partial charge in [0.15, 0.2) is 5.76 Å². The molecule has 0 saturated carbocycles. The summed E-state index contributed by atoms with van der Waals surface area (Å²) in [6.45, 7) is 17.3. The number of carbonyl (C=O) groups is 1. The van der Waals surface area contributed by atoms with E-state index in [1.807, 2.05) is 0 Å². The summed E-state index contributed by atoms with van der Waals surface area (Å²) in [7, 11) is -1.89. The van der Waals surface area contributed by atoms with Gasteiger partial charge in [0.25, 0.3) is 0 Å². The second-order valence-corrected chi connectivity index (χ2v) is 12.8. The largest absolute Gasteiger partial charge is 0.504 e. The topological polar surface area (TPSA) is 37.3 Å². The van der Waals surface area contributed by atoms with E-state index < -0.39 is 8.07 Å². The van der Waals surface area contributed by atoms with Crippen molar-refractivity contribution in [3.05, 3.63) is 23.1 Å². The molecular formula is C17H30O2Si. The summed E-state index contributed by atoms with van der Waals surface area (Å²) in [6, 6.07) is 0. The number of rotatable bonds is 5. The summed E-state index contributed by atoms with van der Waals surface area (Å²) >= 11 is 0. The van der Waals surface area contributed by atoms with E-state index in [2.05, 4.69) is 47.4 Å². The van der Waals surface area contributed by atoms with Crippen molar-refractivity contribution in [1.82, 2.24) is 0 Å². The van der Waals surface area contributed by atoms with E-state index in [0.717, 1.165) is 24.5 Å². The minimum absolute atomic E-state index is 0.0168. The lowest BCUT2D eigenvalue weighted by Crippen LogP contribution is -2.42. The van der Waals surface area contributed by atoms with Gasteiger partial charge in [-0.25, -0.2) is 0 Å². The number of aliphatic hydroxyl groups is 1. The third-order valence-corrected chi connectivity index (χ3v) is 10.9. The van der Waals surface area contributed by atoms with Gasteiger partial charge in [-0.1, -0.05) is 66.6 Å². The lowest BCUT2D eigenvalue weighted by molar-refractivity contribution is -0.114. The van der Waals surface area contributed by atoms with Gasteiger partial charge in [0.1, 0.15) is 0 Å². The molecule has 1 rings (SSSR count). The molecular weight excluding hydrogens is 264 g/mol. The molecule has 3 heteroatoms. The lowest BCUT2D eigenvalue weighted by Gasteiger charge is -2.40. The quantitative estimate of drug-likeness (QED) is 0.431. The summed E-state index contributed by atoms with van der Waals surface area (Å²) in [5.74, 6) is -0.121. The molecule has 0 saturated heterocycles. The van der Waals surface area contributed by atoms with Crippen molar-refractivity contribution in [2.24, 2.45) is 5.92 Å². The van der Waals surface area contributed by atoms with Gasteiger partial charge in [-0.3, -0.25) is 4.79 Å². The first-order chi connectivity index (χ1) is 9.05. The molecule has 114 valence electrons. The van der Waals surface area contributed by atoms with Crippen molar-refractivity contribution in [3.8, 4) is 0 Å². The maximum absolute atomic E-state index is 12.1. The summed E-state index contributed by atoms with van der Waals surface area (Å²) in [4.78, 5) is 12.1. The van der Waals surface area contributed by atoms with Crippen LogP contribution in [0.4, 0.5) is 0 Å². The first-order valence-corrected chi connectivity index (χ1v) is 10.7. The third kappa shape index (κ3) is 2.92. The Balaban J connectivity index is 3.17. The van der Waals surface area contributed by atoms with Crippen LogP contribution in [-0.4, -0.2) is 19.0 Å². The number of ketones is 1. The SMILES string of the molecule is C=C1C(=O)C(O)=C([Si](C)(C)C(C)(C)C)[C@H]1CCCCC. The molecule has 0 aliphatic heterocycles. The van der Waals surface area contributed by atoms with E-state index in [-0.39, 0.29) is 22.5 Å². The van der Waals surface area contributed by atoms with Gasteiger partial charge < -0.3 is 5.11 Å². The molecule has 2 nitrogen and oxygen atoms in total. The molecule has 1 aliphatic rings. The highest BCUT2D eigenvalue weighted by Crippen LogP contribution is 2.49. The molecule has 0 unspecified atom stereocenters. The van der Waals surface area contributed by atoms with Crippen molar-refractivity contribution in [2.75, 3.05) is 0 Å². The predicted octanol–water partition coefficient (Wildman–Crippen LogP) is 5.18. The molecule has 20 heavy (non-hydrogen) atoms. The number of unbranched alkanes of at least 4 members (excludes halogenated alkanes) is 2. The number of aliphatic hydroxyl groups excluding tert-OH is 1. The van der Waals surface area contributed by atoms with Crippen LogP contribution in [-0.2, 0) is 4.79 Å². The van der Waals surface area contributed by atoms with Gasteiger partial charge in [-0.05, 0) is 16.7 Å². The number of hydrogen-bond donors (Lipinski definition) is 1. The molecule has 1 N–H and O–H groups in total. The molecule has 0 radical (unpaired) electrons. The van der Waals surface area contributed by atoms with E-state index in [1.54, 1.807) is 0 Å². The number of allylic oxidation sites excluding steroid dienone is 2. The fourth-order valence-electron chi connectivity index (χ4n) is 2.82. The number of hydrogen-bond acceptors (Lipinski definition) is 2. The normalized spacial score (nSPS) is 21.0. The Bertz CT molecular complexity index is 438. The van der Waals surface area contributed by atoms with Crippen molar-refractivity contribution in [3.63, 3.8) is 0 Å². The van der Waals surface area contributed by atoms with E-state index in [0.29, 0.717) is 5.57 Å². The fraction of sp³-hybridized carbons (Fsp3) is 0.706. The second-order valence-electron chi connectivity index (χ2n) is 7.54. The summed E-state index contributed by atoms with van der Waals surface area (Å²) in [5.41, 5.74) is 0.610. The zero-order valence-electron chi connectivity index (χ0n) is 14.0. The van der Waals surface area contributed by atoms with E-state index in [9.17, 15) is 9.90 Å². The molecule has 0 bridgehead atoms. The van der Waals surface area contributed by atoms with Gasteiger partial charge >= 0.3 is 0 Å². The van der Waals surface area contributed by atoms with Crippen molar-refractivity contribution < 1.29 is 9.90 Å². The fourth-order valence-corrected chi connectivity index (χ4v) is 5.53. The molecule has 0 heterocycles. The van der Waals surface area contributed by atoms with Gasteiger partial charge in [-0.2, -0.15) is 0 Å². The summed E-state index contributed by atoms with van der Waals surface area (Å²) in [6.07, 6.45) is 4.38. The number of Topliss-reactive ketones (excluding diaryl/α,β-unsaturated/α-hetero) is 1. The molecule has 0 spiro atoms. The van der Waals surface area contributed by atoms with Crippen molar-refractivity contribution >= 4 is 13.9 Å². The Labute approximate surface area is 125 Å². The van der Waals surface area contributed by atoms with Crippen LogP contribution in [0.2, 0.25) is 18.1 Å². The zero-order chi connectivity index (χ0) is 15.7. The molecule has 0 aromatic heterocycles. The van der Waals surface area contributed by atoms with Gasteiger partial charge in [0, 0.05) is 11.5 Å². The van der Waals surface area contributed by atoms with Crippen LogP contribution in [0.25, 0.3) is 0 Å². The van der Waals surface area contributed by atoms with E-state index >= 15 is 0 Å². The molecule has 0 aromatic carbocycles. The first kappa shape index (κ1) is 17.2. The monoisotopic (exact) mass is 294 g/mol. The average Bonchev–Trinajstić information content (AvgIpc) is 2.53. The maximum atomic E-state index is 12.1. The Kier molecular flexibility index (Phi) is 5.07. The lowest BCUT2D eigenvalue weighted by atomic mass is 9.96. The van der Waals surface area contributed by atoms with E-state index in [1.165, 1.54) is 6.42 Å². The van der Waals surface area contributed by atoms with Gasteiger partial charge in [0.05, 0.1) is 8.07 Å². The minimum Gasteiger partial charge on any atom is -0.504 e. The highest BCUT2D eigenvalue weighted by Gasteiger charge is 2.48. The Morgan fingerprint density at radius 1 is 1.25 bits per heavy atom. The highest BCUT2D eigenvalue weighted by molar-refractivity contribution is 6.87. The minimum atomic E-state index is -1.89. The first-order valence-electron chi connectivity index (χ1n) is 7.72. The predicted molar refractivity (Wildman–Crippen MR) is 88.6 cm³/mol. The standard InChI is InChI=1S/C17H30O2Si/c1-8-9-10-11-13-12(2)14(18)15(19)16(13)20(6,7)17(3,4)5/h13,19H,2,8-11H2,1,3-7H3/t13-/m0/s1. The van der Waals surface area contributed by atoms with Crippen LogP contribution in [0.3, 0.4) is 0 Å².